The zero-order valence-electron chi connectivity index (χ0n) is 34.4. The Morgan fingerprint density at radius 1 is 0.554 bits per heavy atom. The van der Waals surface area contributed by atoms with Crippen molar-refractivity contribution in [2.75, 3.05) is 7.05 Å². The van der Waals surface area contributed by atoms with Crippen molar-refractivity contribution in [3.05, 3.63) is 36.4 Å². The van der Waals surface area contributed by atoms with Crippen LogP contribution in [-0.2, 0) is 41.6 Å². The van der Waals surface area contributed by atoms with Gasteiger partial charge in [0, 0.05) is 38.7 Å². The molecule has 5 atom stereocenters. The second kappa shape index (κ2) is 26.9. The van der Waals surface area contributed by atoms with E-state index in [1.165, 1.54) is 91.3 Å². The van der Waals surface area contributed by atoms with E-state index in [1.54, 1.807) is 26.2 Å². The number of nitrogens with zero attached hydrogens (tertiary/aromatic N) is 2. The maximum atomic E-state index is 13.6. The number of nitrogens with one attached hydrogen (secondary N) is 8. The molecule has 0 saturated heterocycles. The Labute approximate surface area is 332 Å². The fourth-order valence-corrected chi connectivity index (χ4v) is 6.26. The molecule has 56 heavy (non-hydrogen) atoms. The van der Waals surface area contributed by atoms with Gasteiger partial charge in [-0.2, -0.15) is 0 Å². The van der Waals surface area contributed by atoms with Crippen LogP contribution in [0.1, 0.15) is 136 Å². The fraction of sp³-hybridized carbons (Fsp3) is 0.700. The lowest BCUT2D eigenvalue weighted by Gasteiger charge is -2.27. The Balaban J connectivity index is 1.92. The number of imidazole rings is 2. The molecule has 0 fully saturated rings. The molecular weight excluding hydrogens is 717 g/mol. The predicted octanol–water partition coefficient (Wildman–Crippen LogP) is 3.27. The summed E-state index contributed by atoms with van der Waals surface area (Å²) in [6, 6.07) is -5.11. The summed E-state index contributed by atoms with van der Waals surface area (Å²) in [4.78, 5) is 92.6. The SMILES string of the molecule is CCCCCCCCCCCCCCCC(=O)N[C@@H](Cc1c[nH]cn1)C(=O)N[C@H](C)C(=O)N[C@H](C(=O)N[C@@H](Cc1c[nH]cn1)C(=O)N[C@@H](C)C(=O)NC)C(C)C. The lowest BCUT2D eigenvalue weighted by Crippen LogP contribution is -2.60. The summed E-state index contributed by atoms with van der Waals surface area (Å²) in [6.45, 7) is 8.70. The molecule has 0 spiro atoms. The summed E-state index contributed by atoms with van der Waals surface area (Å²) in [7, 11) is 1.45. The van der Waals surface area contributed by atoms with Gasteiger partial charge in [-0.15, -0.1) is 0 Å². The average Bonchev–Trinajstić information content (AvgIpc) is 3.89. The minimum Gasteiger partial charge on any atom is -0.357 e. The number of carbonyl (C=O) groups excluding carboxylic acids is 6. The third-order valence-corrected chi connectivity index (χ3v) is 9.73. The van der Waals surface area contributed by atoms with Crippen LogP contribution >= 0.6 is 0 Å². The topological polar surface area (TPSA) is 232 Å². The molecule has 16 heteroatoms. The molecule has 2 heterocycles. The van der Waals surface area contributed by atoms with Gasteiger partial charge in [-0.25, -0.2) is 9.97 Å². The Kier molecular flexibility index (Phi) is 22.8. The zero-order valence-corrected chi connectivity index (χ0v) is 34.4. The lowest BCUT2D eigenvalue weighted by molar-refractivity contribution is -0.135. The van der Waals surface area contributed by atoms with Gasteiger partial charge in [0.05, 0.1) is 24.0 Å². The van der Waals surface area contributed by atoms with Crippen LogP contribution in [0.3, 0.4) is 0 Å². The number of hydrogen-bond acceptors (Lipinski definition) is 8. The number of unbranched alkanes of at least 4 members (excludes halogenated alkanes) is 12. The first kappa shape index (κ1) is 47.4. The molecule has 16 nitrogen and oxygen atoms in total. The molecule has 0 unspecified atom stereocenters. The van der Waals surface area contributed by atoms with E-state index >= 15 is 0 Å². The Hall–Kier alpha value is -4.76. The lowest BCUT2D eigenvalue weighted by atomic mass is 10.0. The first-order valence-corrected chi connectivity index (χ1v) is 20.5. The monoisotopic (exact) mass is 785 g/mol. The van der Waals surface area contributed by atoms with Crippen molar-refractivity contribution in [3.8, 4) is 0 Å². The maximum Gasteiger partial charge on any atom is 0.243 e. The normalized spacial score (nSPS) is 13.8. The number of amides is 6. The van der Waals surface area contributed by atoms with Crippen molar-refractivity contribution in [3.63, 3.8) is 0 Å². The van der Waals surface area contributed by atoms with E-state index in [0.717, 1.165) is 25.7 Å². The van der Waals surface area contributed by atoms with Crippen LogP contribution in [0.4, 0.5) is 0 Å². The number of likely N-dealkylation sites (N-methyl/N-ethyl adjacent to an activating group) is 1. The standard InChI is InChI=1S/C40H68N10O6/c1-7-8-9-10-11-12-13-14-15-16-17-18-19-20-34(51)48-32(21-30-23-42-25-44-30)38(54)47-29(5)37(53)50-35(27(2)3)40(56)49-33(22-31-24-43-26-45-31)39(55)46-28(4)36(52)41-6/h23-29,32-33,35H,7-22H2,1-6H3,(H,41,52)(H,42,44)(H,43,45)(H,46,55)(H,47,54)(H,48,51)(H,49,56)(H,50,53)/t28-,29+,32-,33-,35-/m0/s1. The molecule has 314 valence electrons. The number of hydrogen-bond donors (Lipinski definition) is 8. The molecule has 6 amide bonds. The first-order chi connectivity index (χ1) is 26.9. The molecule has 2 aromatic heterocycles. The van der Waals surface area contributed by atoms with E-state index in [1.807, 2.05) is 0 Å². The average molecular weight is 785 g/mol. The van der Waals surface area contributed by atoms with Crippen LogP contribution in [0.15, 0.2) is 25.0 Å². The van der Waals surface area contributed by atoms with Gasteiger partial charge in [0.2, 0.25) is 35.4 Å². The summed E-state index contributed by atoms with van der Waals surface area (Å²) in [5.41, 5.74) is 1.07. The van der Waals surface area contributed by atoms with E-state index in [2.05, 4.69) is 58.8 Å². The maximum absolute atomic E-state index is 13.6. The minimum absolute atomic E-state index is 0.0230. The highest BCUT2D eigenvalue weighted by molar-refractivity contribution is 5.96. The summed E-state index contributed by atoms with van der Waals surface area (Å²) in [6.07, 6.45) is 22.2. The quantitative estimate of drug-likeness (QED) is 0.0570. The van der Waals surface area contributed by atoms with Crippen molar-refractivity contribution in [2.24, 2.45) is 5.92 Å². The second-order valence-electron chi connectivity index (χ2n) is 15.0. The van der Waals surface area contributed by atoms with Crippen molar-refractivity contribution in [1.82, 2.24) is 51.8 Å². The van der Waals surface area contributed by atoms with Gasteiger partial charge in [-0.3, -0.25) is 28.8 Å². The molecule has 0 aliphatic rings. The molecule has 0 aliphatic heterocycles. The fourth-order valence-electron chi connectivity index (χ4n) is 6.26. The van der Waals surface area contributed by atoms with E-state index in [0.29, 0.717) is 11.4 Å². The van der Waals surface area contributed by atoms with Gasteiger partial charge < -0.3 is 41.9 Å². The van der Waals surface area contributed by atoms with E-state index < -0.39 is 65.7 Å². The number of carbonyl (C=O) groups is 6. The van der Waals surface area contributed by atoms with Crippen molar-refractivity contribution in [2.45, 2.75) is 168 Å². The summed E-state index contributed by atoms with van der Waals surface area (Å²) in [5, 5.41) is 16.0. The summed E-state index contributed by atoms with van der Waals surface area (Å²) in [5.74, 6) is -3.51. The Bertz CT molecular complexity index is 1450. The van der Waals surface area contributed by atoms with Crippen LogP contribution in [0.25, 0.3) is 0 Å². The van der Waals surface area contributed by atoms with Gasteiger partial charge >= 0.3 is 0 Å². The Morgan fingerprint density at radius 2 is 1.00 bits per heavy atom. The molecule has 0 bridgehead atoms. The first-order valence-electron chi connectivity index (χ1n) is 20.5. The minimum atomic E-state index is -1.11. The van der Waals surface area contributed by atoms with Gasteiger partial charge in [-0.05, 0) is 26.2 Å². The van der Waals surface area contributed by atoms with Crippen LogP contribution in [0.5, 0.6) is 0 Å². The van der Waals surface area contributed by atoms with Gasteiger partial charge in [0.1, 0.15) is 30.2 Å². The molecule has 0 aliphatic carbocycles. The predicted molar refractivity (Wildman–Crippen MR) is 215 cm³/mol. The molecule has 2 aromatic rings. The number of aromatic nitrogens is 4. The number of H-pyrrole nitrogens is 2. The van der Waals surface area contributed by atoms with E-state index in [9.17, 15) is 28.8 Å². The van der Waals surface area contributed by atoms with Crippen molar-refractivity contribution >= 4 is 35.4 Å². The molecule has 2 rings (SSSR count). The van der Waals surface area contributed by atoms with Crippen LogP contribution in [0.2, 0.25) is 0 Å². The molecular formula is C40H68N10O6. The smallest absolute Gasteiger partial charge is 0.243 e. The highest BCUT2D eigenvalue weighted by Gasteiger charge is 2.32. The zero-order chi connectivity index (χ0) is 41.3. The molecule has 0 aromatic carbocycles. The van der Waals surface area contributed by atoms with Gasteiger partial charge in [0.25, 0.3) is 0 Å². The highest BCUT2D eigenvalue weighted by Crippen LogP contribution is 2.13. The van der Waals surface area contributed by atoms with Gasteiger partial charge in [-0.1, -0.05) is 97.8 Å². The number of rotatable bonds is 29. The Morgan fingerprint density at radius 3 is 1.43 bits per heavy atom. The summed E-state index contributed by atoms with van der Waals surface area (Å²) >= 11 is 0. The van der Waals surface area contributed by atoms with Crippen LogP contribution in [0, 0.1) is 5.92 Å². The van der Waals surface area contributed by atoms with Crippen molar-refractivity contribution in [1.29, 1.82) is 0 Å². The third kappa shape index (κ3) is 18.7. The van der Waals surface area contributed by atoms with Crippen LogP contribution in [-0.4, -0.2) is 92.6 Å². The highest BCUT2D eigenvalue weighted by atomic mass is 16.2. The van der Waals surface area contributed by atoms with E-state index in [-0.39, 0.29) is 25.2 Å². The third-order valence-electron chi connectivity index (χ3n) is 9.73. The van der Waals surface area contributed by atoms with Gasteiger partial charge in [0.15, 0.2) is 0 Å². The summed E-state index contributed by atoms with van der Waals surface area (Å²) < 4.78 is 0. The largest absolute Gasteiger partial charge is 0.357 e. The molecule has 0 saturated carbocycles. The van der Waals surface area contributed by atoms with Crippen molar-refractivity contribution < 1.29 is 28.8 Å². The molecule has 0 radical (unpaired) electrons. The number of aromatic amines is 2. The van der Waals surface area contributed by atoms with Crippen LogP contribution < -0.4 is 31.9 Å². The van der Waals surface area contributed by atoms with E-state index in [4.69, 9.17) is 0 Å². The second-order valence-corrected chi connectivity index (χ2v) is 15.0. The molecule has 8 N–H and O–H groups in total.